The largest absolute Gasteiger partial charge is 0.299 e. The highest BCUT2D eigenvalue weighted by Crippen LogP contribution is 2.44. The molecule has 2 unspecified atom stereocenters. The van der Waals surface area contributed by atoms with E-state index in [1.807, 2.05) is 0 Å². The van der Waals surface area contributed by atoms with Crippen LogP contribution in [0, 0.1) is 11.8 Å². The summed E-state index contributed by atoms with van der Waals surface area (Å²) >= 11 is 0. The first-order valence-corrected chi connectivity index (χ1v) is 5.68. The molecule has 2 aliphatic rings. The standard InChI is InChI=1S/C13H17N/c1-2-4-11(5-3-1)9-14-7-6-12-8-13(12)10-14/h1-5,12-13H,6-10H2. The molecule has 1 aromatic rings. The molecule has 3 rings (SSSR count). The van der Waals surface area contributed by atoms with Gasteiger partial charge in [-0.05, 0) is 36.8 Å². The molecule has 14 heavy (non-hydrogen) atoms. The monoisotopic (exact) mass is 187 g/mol. The zero-order chi connectivity index (χ0) is 9.38. The Balaban J connectivity index is 1.61. The lowest BCUT2D eigenvalue weighted by Crippen LogP contribution is -2.30. The van der Waals surface area contributed by atoms with Crippen molar-refractivity contribution in [3.05, 3.63) is 35.9 Å². The van der Waals surface area contributed by atoms with Gasteiger partial charge < -0.3 is 0 Å². The Labute approximate surface area is 85.7 Å². The lowest BCUT2D eigenvalue weighted by molar-refractivity contribution is 0.212. The summed E-state index contributed by atoms with van der Waals surface area (Å²) in [5.41, 5.74) is 1.46. The van der Waals surface area contributed by atoms with Gasteiger partial charge in [0.15, 0.2) is 0 Å². The van der Waals surface area contributed by atoms with Crippen molar-refractivity contribution in [2.75, 3.05) is 13.1 Å². The molecule has 1 heteroatoms. The van der Waals surface area contributed by atoms with Crippen LogP contribution in [0.3, 0.4) is 0 Å². The van der Waals surface area contributed by atoms with E-state index in [1.165, 1.54) is 31.5 Å². The minimum atomic E-state index is 1.05. The number of rotatable bonds is 2. The van der Waals surface area contributed by atoms with Gasteiger partial charge >= 0.3 is 0 Å². The van der Waals surface area contributed by atoms with Gasteiger partial charge in [0.25, 0.3) is 0 Å². The maximum atomic E-state index is 2.61. The summed E-state index contributed by atoms with van der Waals surface area (Å²) in [6, 6.07) is 10.8. The Morgan fingerprint density at radius 2 is 2.00 bits per heavy atom. The first-order valence-electron chi connectivity index (χ1n) is 5.68. The molecule has 1 nitrogen and oxygen atoms in total. The molecule has 0 aromatic heterocycles. The molecule has 1 saturated carbocycles. The minimum Gasteiger partial charge on any atom is -0.299 e. The number of likely N-dealkylation sites (tertiary alicyclic amines) is 1. The Hall–Kier alpha value is -0.820. The molecule has 1 aromatic carbocycles. The van der Waals surface area contributed by atoms with Crippen molar-refractivity contribution in [3.8, 4) is 0 Å². The summed E-state index contributed by atoms with van der Waals surface area (Å²) in [7, 11) is 0. The van der Waals surface area contributed by atoms with Crippen LogP contribution in [-0.4, -0.2) is 18.0 Å². The van der Waals surface area contributed by atoms with E-state index in [4.69, 9.17) is 0 Å². The van der Waals surface area contributed by atoms with Crippen LogP contribution in [-0.2, 0) is 6.54 Å². The van der Waals surface area contributed by atoms with E-state index in [0.29, 0.717) is 0 Å². The minimum absolute atomic E-state index is 1.05. The molecule has 0 bridgehead atoms. The zero-order valence-corrected chi connectivity index (χ0v) is 8.52. The van der Waals surface area contributed by atoms with Crippen LogP contribution in [0.1, 0.15) is 18.4 Å². The van der Waals surface area contributed by atoms with Crippen molar-refractivity contribution in [3.63, 3.8) is 0 Å². The molecule has 0 spiro atoms. The fraction of sp³-hybridized carbons (Fsp3) is 0.538. The average Bonchev–Trinajstić information content (AvgIpc) is 2.97. The van der Waals surface area contributed by atoms with E-state index in [1.54, 1.807) is 0 Å². The van der Waals surface area contributed by atoms with Crippen molar-refractivity contribution in [1.82, 2.24) is 4.90 Å². The van der Waals surface area contributed by atoms with Crippen molar-refractivity contribution < 1.29 is 0 Å². The molecule has 2 atom stereocenters. The van der Waals surface area contributed by atoms with Gasteiger partial charge in [-0.15, -0.1) is 0 Å². The number of hydrogen-bond donors (Lipinski definition) is 0. The highest BCUT2D eigenvalue weighted by Gasteiger charge is 2.40. The predicted molar refractivity (Wildman–Crippen MR) is 57.9 cm³/mol. The lowest BCUT2D eigenvalue weighted by Gasteiger charge is -2.26. The lowest BCUT2D eigenvalue weighted by atomic mass is 10.1. The maximum Gasteiger partial charge on any atom is 0.0233 e. The van der Waals surface area contributed by atoms with Crippen LogP contribution >= 0.6 is 0 Å². The molecule has 1 aliphatic heterocycles. The van der Waals surface area contributed by atoms with Crippen molar-refractivity contribution >= 4 is 0 Å². The summed E-state index contributed by atoms with van der Waals surface area (Å²) in [6.07, 6.45) is 2.95. The summed E-state index contributed by atoms with van der Waals surface area (Å²) in [4.78, 5) is 2.61. The van der Waals surface area contributed by atoms with Gasteiger partial charge in [-0.1, -0.05) is 30.3 Å². The highest BCUT2D eigenvalue weighted by molar-refractivity contribution is 5.14. The van der Waals surface area contributed by atoms with Crippen molar-refractivity contribution in [2.45, 2.75) is 19.4 Å². The third kappa shape index (κ3) is 1.69. The molecular formula is C13H17N. The van der Waals surface area contributed by atoms with Crippen LogP contribution in [0.4, 0.5) is 0 Å². The second-order valence-corrected chi connectivity index (χ2v) is 4.77. The van der Waals surface area contributed by atoms with Gasteiger partial charge in [0.2, 0.25) is 0 Å². The molecule has 1 heterocycles. The van der Waals surface area contributed by atoms with E-state index in [-0.39, 0.29) is 0 Å². The van der Waals surface area contributed by atoms with Crippen molar-refractivity contribution in [1.29, 1.82) is 0 Å². The van der Waals surface area contributed by atoms with Crippen LogP contribution in [0.2, 0.25) is 0 Å². The molecule has 74 valence electrons. The van der Waals surface area contributed by atoms with E-state index in [0.717, 1.165) is 18.4 Å². The molecule has 0 amide bonds. The van der Waals surface area contributed by atoms with Gasteiger partial charge in [0.05, 0.1) is 0 Å². The quantitative estimate of drug-likeness (QED) is 0.687. The normalized spacial score (nSPS) is 31.1. The first-order chi connectivity index (χ1) is 6.92. The predicted octanol–water partition coefficient (Wildman–Crippen LogP) is 2.53. The smallest absolute Gasteiger partial charge is 0.0233 e. The van der Waals surface area contributed by atoms with Gasteiger partial charge in [0, 0.05) is 13.1 Å². The summed E-state index contributed by atoms with van der Waals surface area (Å²) in [5.74, 6) is 2.15. The van der Waals surface area contributed by atoms with E-state index in [2.05, 4.69) is 35.2 Å². The van der Waals surface area contributed by atoms with E-state index >= 15 is 0 Å². The zero-order valence-electron chi connectivity index (χ0n) is 8.52. The summed E-state index contributed by atoms with van der Waals surface area (Å²) in [6.45, 7) is 3.82. The topological polar surface area (TPSA) is 3.24 Å². The molecule has 1 aliphatic carbocycles. The second-order valence-electron chi connectivity index (χ2n) is 4.77. The highest BCUT2D eigenvalue weighted by atomic mass is 15.1. The SMILES string of the molecule is c1ccc(CN2CCC3CC3C2)cc1. The van der Waals surface area contributed by atoms with E-state index in [9.17, 15) is 0 Å². The van der Waals surface area contributed by atoms with Gasteiger partial charge in [0.1, 0.15) is 0 Å². The van der Waals surface area contributed by atoms with Gasteiger partial charge in [-0.2, -0.15) is 0 Å². The van der Waals surface area contributed by atoms with E-state index < -0.39 is 0 Å². The third-order valence-electron chi connectivity index (χ3n) is 3.63. The number of benzene rings is 1. The van der Waals surface area contributed by atoms with Crippen LogP contribution in [0.25, 0.3) is 0 Å². The molecule has 0 N–H and O–H groups in total. The number of fused-ring (bicyclic) bond motifs is 1. The average molecular weight is 187 g/mol. The van der Waals surface area contributed by atoms with Crippen LogP contribution < -0.4 is 0 Å². The first kappa shape index (κ1) is 8.49. The third-order valence-corrected chi connectivity index (χ3v) is 3.63. The Kier molecular flexibility index (Phi) is 2.06. The number of nitrogens with zero attached hydrogens (tertiary/aromatic N) is 1. The van der Waals surface area contributed by atoms with Gasteiger partial charge in [-0.25, -0.2) is 0 Å². The summed E-state index contributed by atoms with van der Waals surface area (Å²) in [5, 5.41) is 0. The molecular weight excluding hydrogens is 170 g/mol. The maximum absolute atomic E-state index is 2.61. The molecule has 0 radical (unpaired) electrons. The number of hydrogen-bond acceptors (Lipinski definition) is 1. The Bertz CT molecular complexity index is 306. The Morgan fingerprint density at radius 3 is 2.79 bits per heavy atom. The van der Waals surface area contributed by atoms with Crippen LogP contribution in [0.15, 0.2) is 30.3 Å². The summed E-state index contributed by atoms with van der Waals surface area (Å²) < 4.78 is 0. The number of piperidine rings is 1. The second kappa shape index (κ2) is 3.39. The molecule has 2 fully saturated rings. The van der Waals surface area contributed by atoms with Crippen molar-refractivity contribution in [2.24, 2.45) is 11.8 Å². The molecule has 1 saturated heterocycles. The fourth-order valence-electron chi connectivity index (χ4n) is 2.64. The van der Waals surface area contributed by atoms with Gasteiger partial charge in [-0.3, -0.25) is 4.90 Å². The fourth-order valence-corrected chi connectivity index (χ4v) is 2.64. The Morgan fingerprint density at radius 1 is 1.14 bits per heavy atom. The van der Waals surface area contributed by atoms with Crippen LogP contribution in [0.5, 0.6) is 0 Å².